The minimum atomic E-state index is -0.796. The zero-order chi connectivity index (χ0) is 15.4. The fourth-order valence-electron chi connectivity index (χ4n) is 2.66. The Hall–Kier alpha value is -0.370. The van der Waals surface area contributed by atoms with Crippen LogP contribution in [0.1, 0.15) is 68.7 Å². The lowest BCUT2D eigenvalue weighted by Crippen LogP contribution is -2.51. The summed E-state index contributed by atoms with van der Waals surface area (Å²) in [4.78, 5) is 4.93. The van der Waals surface area contributed by atoms with E-state index in [1.165, 1.54) is 0 Å². The second-order valence-electron chi connectivity index (χ2n) is 6.93. The molecule has 1 N–H and O–H groups in total. The van der Waals surface area contributed by atoms with E-state index < -0.39 is 5.60 Å². The van der Waals surface area contributed by atoms with Crippen molar-refractivity contribution in [1.29, 1.82) is 0 Å². The number of hydrogen-bond donors (Lipinski definition) is 1. The molecule has 0 spiro atoms. The molecule has 2 heteroatoms. The van der Waals surface area contributed by atoms with Crippen molar-refractivity contribution in [2.24, 2.45) is 28.7 Å². The van der Waals surface area contributed by atoms with Gasteiger partial charge < -0.3 is 5.11 Å². The van der Waals surface area contributed by atoms with Crippen molar-refractivity contribution in [3.63, 3.8) is 0 Å². The number of hydrogen-bond acceptors (Lipinski definition) is 2. The van der Waals surface area contributed by atoms with Gasteiger partial charge in [0.2, 0.25) is 0 Å². The molecule has 19 heavy (non-hydrogen) atoms. The number of aliphatic imine (C=N–C) groups is 1. The Bertz CT molecular complexity index is 284. The van der Waals surface area contributed by atoms with Crippen molar-refractivity contribution in [3.05, 3.63) is 0 Å². The average Bonchev–Trinajstić information content (AvgIpc) is 2.32. The van der Waals surface area contributed by atoms with Crippen LogP contribution >= 0.6 is 0 Å². The van der Waals surface area contributed by atoms with Crippen LogP contribution < -0.4 is 0 Å². The molecule has 0 aliphatic carbocycles. The van der Waals surface area contributed by atoms with Gasteiger partial charge in [0, 0.05) is 11.8 Å². The van der Waals surface area contributed by atoms with Gasteiger partial charge in [-0.05, 0) is 30.6 Å². The Morgan fingerprint density at radius 1 is 0.947 bits per heavy atom. The average molecular weight is 269 g/mol. The lowest BCUT2D eigenvalue weighted by atomic mass is 9.73. The van der Waals surface area contributed by atoms with E-state index >= 15 is 0 Å². The first-order valence-corrected chi connectivity index (χ1v) is 7.89. The largest absolute Gasteiger partial charge is 0.383 e. The Kier molecular flexibility index (Phi) is 7.28. The molecular weight excluding hydrogens is 234 g/mol. The van der Waals surface area contributed by atoms with Gasteiger partial charge in [-0.1, -0.05) is 61.8 Å². The van der Waals surface area contributed by atoms with Crippen LogP contribution in [0, 0.1) is 23.7 Å². The van der Waals surface area contributed by atoms with Crippen molar-refractivity contribution >= 4 is 5.71 Å². The highest BCUT2D eigenvalue weighted by Gasteiger charge is 2.41. The molecule has 114 valence electrons. The minimum absolute atomic E-state index is 0.179. The summed E-state index contributed by atoms with van der Waals surface area (Å²) in [6, 6.07) is 0.270. The summed E-state index contributed by atoms with van der Waals surface area (Å²) in [6.45, 7) is 19.2. The minimum Gasteiger partial charge on any atom is -0.383 e. The molecule has 0 aliphatic rings. The summed E-state index contributed by atoms with van der Waals surface area (Å²) >= 11 is 0. The molecule has 0 aliphatic heterocycles. The molecule has 0 aromatic heterocycles. The fourth-order valence-corrected chi connectivity index (χ4v) is 2.66. The molecule has 2 nitrogen and oxygen atoms in total. The third kappa shape index (κ3) is 4.30. The van der Waals surface area contributed by atoms with Crippen LogP contribution in [0.3, 0.4) is 0 Å². The Morgan fingerprint density at radius 2 is 1.37 bits per heavy atom. The molecule has 0 saturated carbocycles. The molecule has 0 fully saturated rings. The first-order chi connectivity index (χ1) is 8.58. The van der Waals surface area contributed by atoms with E-state index in [2.05, 4.69) is 62.3 Å². The smallest absolute Gasteiger partial charge is 0.107 e. The Morgan fingerprint density at radius 3 is 1.63 bits per heavy atom. The van der Waals surface area contributed by atoms with Gasteiger partial charge in [-0.25, -0.2) is 0 Å². The summed E-state index contributed by atoms with van der Waals surface area (Å²) < 4.78 is 0. The van der Waals surface area contributed by atoms with Crippen LogP contribution in [-0.2, 0) is 0 Å². The summed E-state index contributed by atoms with van der Waals surface area (Å²) in [7, 11) is 0. The summed E-state index contributed by atoms with van der Waals surface area (Å²) in [5.41, 5.74) is 0.181. The van der Waals surface area contributed by atoms with Crippen molar-refractivity contribution in [1.82, 2.24) is 0 Å². The predicted molar refractivity (Wildman–Crippen MR) is 85.8 cm³/mol. The van der Waals surface area contributed by atoms with Gasteiger partial charge in [0.05, 0.1) is 0 Å². The third-order valence-corrected chi connectivity index (χ3v) is 4.53. The van der Waals surface area contributed by atoms with E-state index in [0.29, 0.717) is 5.92 Å². The van der Waals surface area contributed by atoms with Gasteiger partial charge in [-0.2, -0.15) is 0 Å². The van der Waals surface area contributed by atoms with E-state index in [1.807, 2.05) is 0 Å². The normalized spacial score (nSPS) is 17.4. The Balaban J connectivity index is 5.58. The molecule has 2 atom stereocenters. The fraction of sp³-hybridized carbons (Fsp3) is 0.941. The number of aliphatic hydroxyl groups is 1. The number of nitrogens with zero attached hydrogens (tertiary/aromatic N) is 1. The number of rotatable bonds is 7. The molecule has 2 unspecified atom stereocenters. The zero-order valence-electron chi connectivity index (χ0n) is 14.5. The molecule has 0 amide bonds. The Labute approximate surface area is 120 Å². The van der Waals surface area contributed by atoms with Crippen LogP contribution in [-0.4, -0.2) is 22.5 Å². The highest BCUT2D eigenvalue weighted by molar-refractivity contribution is 5.94. The predicted octanol–water partition coefficient (Wildman–Crippen LogP) is 4.56. The van der Waals surface area contributed by atoms with Gasteiger partial charge in [0.1, 0.15) is 5.60 Å². The second-order valence-corrected chi connectivity index (χ2v) is 6.93. The summed E-state index contributed by atoms with van der Waals surface area (Å²) in [6.07, 6.45) is 1.12. The van der Waals surface area contributed by atoms with Crippen LogP contribution in [0.25, 0.3) is 0 Å². The maximum atomic E-state index is 11.2. The first-order valence-electron chi connectivity index (χ1n) is 7.89. The molecule has 0 radical (unpaired) electrons. The quantitative estimate of drug-likeness (QED) is 0.675. The monoisotopic (exact) mass is 269 g/mol. The molecular formula is C17H35NO. The zero-order valence-corrected chi connectivity index (χ0v) is 14.5. The van der Waals surface area contributed by atoms with Crippen molar-refractivity contribution in [3.8, 4) is 0 Å². The standard InChI is InChI=1S/C17H35NO/c1-10-14(8)15(9)18-16(11(2)3)17(19,12(4)5)13(6)7/h11-15,19H,10H2,1-9H3/b18-16+. The van der Waals surface area contributed by atoms with Crippen LogP contribution in [0.4, 0.5) is 0 Å². The SMILES string of the molecule is CCC(C)C(C)/N=C(\C(C)C)C(O)(C(C)C)C(C)C. The molecule has 0 rings (SSSR count). The molecule has 0 saturated heterocycles. The van der Waals surface area contributed by atoms with Crippen molar-refractivity contribution in [2.45, 2.75) is 80.4 Å². The van der Waals surface area contributed by atoms with E-state index in [1.54, 1.807) is 0 Å². The van der Waals surface area contributed by atoms with E-state index in [0.717, 1.165) is 12.1 Å². The topological polar surface area (TPSA) is 32.6 Å². The van der Waals surface area contributed by atoms with Gasteiger partial charge in [-0.15, -0.1) is 0 Å². The highest BCUT2D eigenvalue weighted by Crippen LogP contribution is 2.32. The maximum absolute atomic E-state index is 11.2. The van der Waals surface area contributed by atoms with Crippen molar-refractivity contribution < 1.29 is 5.11 Å². The van der Waals surface area contributed by atoms with E-state index in [4.69, 9.17) is 4.99 Å². The molecule has 0 aromatic rings. The summed E-state index contributed by atoms with van der Waals surface area (Å²) in [5.74, 6) is 1.19. The van der Waals surface area contributed by atoms with Gasteiger partial charge >= 0.3 is 0 Å². The molecule has 0 bridgehead atoms. The third-order valence-electron chi connectivity index (χ3n) is 4.53. The second kappa shape index (κ2) is 7.42. The van der Waals surface area contributed by atoms with Gasteiger partial charge in [-0.3, -0.25) is 4.99 Å². The van der Waals surface area contributed by atoms with Gasteiger partial charge in [0.15, 0.2) is 0 Å². The van der Waals surface area contributed by atoms with E-state index in [-0.39, 0.29) is 23.8 Å². The van der Waals surface area contributed by atoms with Crippen molar-refractivity contribution in [2.75, 3.05) is 0 Å². The van der Waals surface area contributed by atoms with Crippen LogP contribution in [0.2, 0.25) is 0 Å². The highest BCUT2D eigenvalue weighted by atomic mass is 16.3. The lowest BCUT2D eigenvalue weighted by molar-refractivity contribution is 0.0150. The lowest BCUT2D eigenvalue weighted by Gasteiger charge is -2.40. The van der Waals surface area contributed by atoms with Crippen LogP contribution in [0.15, 0.2) is 4.99 Å². The maximum Gasteiger partial charge on any atom is 0.107 e. The summed E-state index contributed by atoms with van der Waals surface area (Å²) in [5, 5.41) is 11.2. The molecule has 0 heterocycles. The molecule has 0 aromatic carbocycles. The van der Waals surface area contributed by atoms with Gasteiger partial charge in [0.25, 0.3) is 0 Å². The first kappa shape index (κ1) is 18.6. The van der Waals surface area contributed by atoms with E-state index in [9.17, 15) is 5.11 Å². The van der Waals surface area contributed by atoms with Crippen LogP contribution in [0.5, 0.6) is 0 Å².